The van der Waals surface area contributed by atoms with Crippen LogP contribution in [0.3, 0.4) is 0 Å². The molecule has 1 amide bonds. The molecule has 0 fully saturated rings. The third kappa shape index (κ3) is 7.30. The topological polar surface area (TPSA) is 113 Å². The molecule has 2 atom stereocenters. The lowest BCUT2D eigenvalue weighted by Crippen LogP contribution is -2.41. The highest BCUT2D eigenvalue weighted by molar-refractivity contribution is 5.98. The molecule has 0 aliphatic carbocycles. The number of aromatic nitrogens is 1. The Morgan fingerprint density at radius 3 is 2.05 bits per heavy atom. The summed E-state index contributed by atoms with van der Waals surface area (Å²) in [4.78, 5) is 41.1. The van der Waals surface area contributed by atoms with E-state index in [9.17, 15) is 14.4 Å². The Bertz CT molecular complexity index is 1160. The van der Waals surface area contributed by atoms with Crippen molar-refractivity contribution in [2.24, 2.45) is 0 Å². The van der Waals surface area contributed by atoms with Crippen LogP contribution in [0.1, 0.15) is 48.3 Å². The number of esters is 2. The number of methoxy groups -OCH3 is 1. The maximum atomic E-state index is 13.0. The van der Waals surface area contributed by atoms with Crippen molar-refractivity contribution >= 4 is 17.8 Å². The first kappa shape index (κ1) is 27.2. The van der Waals surface area contributed by atoms with E-state index in [1.54, 1.807) is 0 Å². The summed E-state index contributed by atoms with van der Waals surface area (Å²) in [5.74, 6) is -1.85. The Morgan fingerprint density at radius 1 is 0.919 bits per heavy atom. The van der Waals surface area contributed by atoms with Gasteiger partial charge in [-0.2, -0.15) is 0 Å². The lowest BCUT2D eigenvalue weighted by Gasteiger charge is -2.26. The Labute approximate surface area is 215 Å². The summed E-state index contributed by atoms with van der Waals surface area (Å²) < 4.78 is 21.2. The molecule has 1 unspecified atom stereocenters. The molecule has 2 aromatic carbocycles. The Balaban J connectivity index is 1.72. The van der Waals surface area contributed by atoms with Crippen LogP contribution in [-0.4, -0.2) is 48.9 Å². The smallest absolute Gasteiger partial charge is 0.328 e. The van der Waals surface area contributed by atoms with Crippen molar-refractivity contribution in [3.63, 3.8) is 0 Å². The zero-order valence-electron chi connectivity index (χ0n) is 21.2. The van der Waals surface area contributed by atoms with Gasteiger partial charge in [0.1, 0.15) is 12.1 Å². The number of carbonyl (C=O) groups is 3. The number of hydrogen-bond acceptors (Lipinski definition) is 8. The van der Waals surface area contributed by atoms with Gasteiger partial charge in [-0.15, -0.1) is 0 Å². The number of benzene rings is 2. The first-order valence-electron chi connectivity index (χ1n) is 11.7. The summed E-state index contributed by atoms with van der Waals surface area (Å²) in [7, 11) is 1.40. The molecule has 0 aliphatic rings. The first-order valence-corrected chi connectivity index (χ1v) is 11.7. The molecule has 1 N–H and O–H groups in total. The number of hydrogen-bond donors (Lipinski definition) is 1. The molecule has 1 aromatic heterocycles. The van der Waals surface area contributed by atoms with Crippen molar-refractivity contribution in [2.75, 3.05) is 13.9 Å². The lowest BCUT2D eigenvalue weighted by atomic mass is 9.87. The van der Waals surface area contributed by atoms with Gasteiger partial charge in [0.2, 0.25) is 6.79 Å². The van der Waals surface area contributed by atoms with Gasteiger partial charge in [0.05, 0.1) is 7.11 Å². The van der Waals surface area contributed by atoms with Crippen molar-refractivity contribution in [1.29, 1.82) is 0 Å². The molecule has 0 saturated heterocycles. The van der Waals surface area contributed by atoms with E-state index in [-0.39, 0.29) is 23.1 Å². The van der Waals surface area contributed by atoms with Crippen molar-refractivity contribution in [1.82, 2.24) is 10.3 Å². The molecule has 37 heavy (non-hydrogen) atoms. The van der Waals surface area contributed by atoms with E-state index in [0.717, 1.165) is 11.1 Å². The predicted octanol–water partition coefficient (Wildman–Crippen LogP) is 3.87. The van der Waals surface area contributed by atoms with Crippen LogP contribution in [0.15, 0.2) is 72.9 Å². The van der Waals surface area contributed by atoms with Crippen LogP contribution in [0.4, 0.5) is 0 Å². The molecule has 9 heteroatoms. The molecule has 9 nitrogen and oxygen atoms in total. The van der Waals surface area contributed by atoms with Gasteiger partial charge in [0.15, 0.2) is 17.2 Å². The number of ether oxygens (including phenoxy) is 4. The summed E-state index contributed by atoms with van der Waals surface area (Å²) in [6, 6.07) is 20.0. The number of nitrogens with one attached hydrogen (secondary N) is 1. The lowest BCUT2D eigenvalue weighted by molar-refractivity contribution is -0.151. The predicted molar refractivity (Wildman–Crippen MR) is 135 cm³/mol. The summed E-state index contributed by atoms with van der Waals surface area (Å²) in [5, 5.41) is 2.59. The van der Waals surface area contributed by atoms with Crippen LogP contribution in [0.25, 0.3) is 0 Å². The number of amides is 1. The molecule has 0 saturated carbocycles. The van der Waals surface area contributed by atoms with Crippen molar-refractivity contribution in [3.05, 3.63) is 89.7 Å². The second kappa shape index (κ2) is 13.1. The molecule has 3 rings (SSSR count). The molecule has 3 aromatic rings. The Morgan fingerprint density at radius 2 is 1.51 bits per heavy atom. The quantitative estimate of drug-likeness (QED) is 0.308. The fourth-order valence-electron chi connectivity index (χ4n) is 3.80. The minimum absolute atomic E-state index is 0.0223. The maximum absolute atomic E-state index is 13.0. The molecule has 0 aliphatic heterocycles. The Hall–Kier alpha value is -4.40. The van der Waals surface area contributed by atoms with E-state index in [1.807, 2.05) is 67.6 Å². The molecular weight excluding hydrogens is 476 g/mol. The summed E-state index contributed by atoms with van der Waals surface area (Å²) in [5.41, 5.74) is 1.87. The number of pyridine rings is 1. The monoisotopic (exact) mass is 506 g/mol. The van der Waals surface area contributed by atoms with Crippen LogP contribution in [0.2, 0.25) is 0 Å². The number of nitrogens with zero attached hydrogens (tertiary/aromatic N) is 1. The van der Waals surface area contributed by atoms with E-state index < -0.39 is 36.8 Å². The second-order valence-corrected chi connectivity index (χ2v) is 8.23. The standard InChI is InChI=1S/C28H30N2O7/c1-18(30-27(32)25-26(36-17-35-20(3)31)23(34-4)15-16-29-25)28(33)37-19(2)24(21-11-7-5-8-12-21)22-13-9-6-10-14-22/h5-16,18-19,24H,17H2,1-4H3,(H,30,32)/t18-,19?/m0/s1. The third-order valence-corrected chi connectivity index (χ3v) is 5.56. The largest absolute Gasteiger partial charge is 0.493 e. The molecule has 1 heterocycles. The Kier molecular flexibility index (Phi) is 9.60. The minimum Gasteiger partial charge on any atom is -0.493 e. The molecule has 194 valence electrons. The van der Waals surface area contributed by atoms with Crippen LogP contribution in [-0.2, 0) is 19.1 Å². The first-order chi connectivity index (χ1) is 17.8. The van der Waals surface area contributed by atoms with Gasteiger partial charge in [-0.1, -0.05) is 60.7 Å². The number of carbonyl (C=O) groups excluding carboxylic acids is 3. The molecule has 0 spiro atoms. The highest BCUT2D eigenvalue weighted by Gasteiger charge is 2.28. The molecule has 0 bridgehead atoms. The van der Waals surface area contributed by atoms with Crippen molar-refractivity contribution in [2.45, 2.75) is 38.8 Å². The SMILES string of the molecule is COc1ccnc(C(=O)N[C@@H](C)C(=O)OC(C)C(c2ccccc2)c2ccccc2)c1OCOC(C)=O. The number of rotatable bonds is 11. The molecular formula is C28H30N2O7. The van der Waals surface area contributed by atoms with E-state index in [4.69, 9.17) is 18.9 Å². The second-order valence-electron chi connectivity index (χ2n) is 8.23. The highest BCUT2D eigenvalue weighted by Crippen LogP contribution is 2.31. The highest BCUT2D eigenvalue weighted by atomic mass is 16.7. The fraction of sp³-hybridized carbons (Fsp3) is 0.286. The van der Waals surface area contributed by atoms with Gasteiger partial charge in [0, 0.05) is 25.1 Å². The zero-order valence-corrected chi connectivity index (χ0v) is 21.2. The normalized spacial score (nSPS) is 12.2. The van der Waals surface area contributed by atoms with Crippen LogP contribution in [0, 0.1) is 0 Å². The van der Waals surface area contributed by atoms with Crippen LogP contribution in [0.5, 0.6) is 11.5 Å². The van der Waals surface area contributed by atoms with Crippen LogP contribution < -0.4 is 14.8 Å². The van der Waals surface area contributed by atoms with E-state index in [1.165, 1.54) is 33.2 Å². The van der Waals surface area contributed by atoms with E-state index in [2.05, 4.69) is 10.3 Å². The zero-order chi connectivity index (χ0) is 26.8. The summed E-state index contributed by atoms with van der Waals surface area (Å²) in [6.45, 7) is 4.13. The van der Waals surface area contributed by atoms with Crippen LogP contribution >= 0.6 is 0 Å². The van der Waals surface area contributed by atoms with Crippen molar-refractivity contribution < 1.29 is 33.3 Å². The van der Waals surface area contributed by atoms with Crippen molar-refractivity contribution in [3.8, 4) is 11.5 Å². The fourth-order valence-corrected chi connectivity index (χ4v) is 3.80. The minimum atomic E-state index is -0.989. The average molecular weight is 507 g/mol. The van der Waals surface area contributed by atoms with Gasteiger partial charge < -0.3 is 24.3 Å². The summed E-state index contributed by atoms with van der Waals surface area (Å²) in [6.07, 6.45) is 0.844. The summed E-state index contributed by atoms with van der Waals surface area (Å²) >= 11 is 0. The van der Waals surface area contributed by atoms with Gasteiger partial charge in [-0.05, 0) is 25.0 Å². The van der Waals surface area contributed by atoms with Gasteiger partial charge in [-0.3, -0.25) is 9.59 Å². The van der Waals surface area contributed by atoms with Gasteiger partial charge in [-0.25, -0.2) is 9.78 Å². The average Bonchev–Trinajstić information content (AvgIpc) is 2.89. The third-order valence-electron chi connectivity index (χ3n) is 5.56. The molecule has 0 radical (unpaired) electrons. The van der Waals surface area contributed by atoms with Gasteiger partial charge >= 0.3 is 11.9 Å². The van der Waals surface area contributed by atoms with E-state index in [0.29, 0.717) is 0 Å². The maximum Gasteiger partial charge on any atom is 0.328 e. The van der Waals surface area contributed by atoms with Gasteiger partial charge in [0.25, 0.3) is 5.91 Å². The van der Waals surface area contributed by atoms with E-state index >= 15 is 0 Å².